The van der Waals surface area contributed by atoms with Crippen LogP contribution in [0.5, 0.6) is 0 Å². The summed E-state index contributed by atoms with van der Waals surface area (Å²) in [5.41, 5.74) is 2.08. The maximum Gasteiger partial charge on any atom is 0.126 e. The van der Waals surface area contributed by atoms with Crippen LogP contribution < -0.4 is 0 Å². The minimum atomic E-state index is -0.197. The molecule has 1 aromatic heterocycles. The standard InChI is InChI=1S/C11H15IN2O/c1-4-5-11(3)9-8(6-15-11)10(12)14-7(2)13-9/h4-6H2,1-3H3. The summed E-state index contributed by atoms with van der Waals surface area (Å²) >= 11 is 2.27. The van der Waals surface area contributed by atoms with Crippen molar-refractivity contribution in [1.29, 1.82) is 0 Å². The van der Waals surface area contributed by atoms with Crippen molar-refractivity contribution in [2.75, 3.05) is 0 Å². The fraction of sp³-hybridized carbons (Fsp3) is 0.636. The van der Waals surface area contributed by atoms with Crippen molar-refractivity contribution in [3.63, 3.8) is 0 Å². The van der Waals surface area contributed by atoms with Crippen molar-refractivity contribution in [3.05, 3.63) is 20.8 Å². The summed E-state index contributed by atoms with van der Waals surface area (Å²) in [4.78, 5) is 8.91. The Morgan fingerprint density at radius 1 is 1.47 bits per heavy atom. The second-order valence-corrected chi connectivity index (χ2v) is 5.18. The molecule has 0 fully saturated rings. The number of hydrogen-bond donors (Lipinski definition) is 0. The molecule has 0 bridgehead atoms. The molecule has 0 N–H and O–H groups in total. The maximum atomic E-state index is 5.88. The Morgan fingerprint density at radius 2 is 2.20 bits per heavy atom. The zero-order valence-electron chi connectivity index (χ0n) is 9.30. The van der Waals surface area contributed by atoms with E-state index in [1.165, 1.54) is 5.56 Å². The van der Waals surface area contributed by atoms with Gasteiger partial charge >= 0.3 is 0 Å². The minimum absolute atomic E-state index is 0.197. The van der Waals surface area contributed by atoms with E-state index < -0.39 is 0 Å². The molecule has 0 radical (unpaired) electrons. The lowest BCUT2D eigenvalue weighted by molar-refractivity contribution is -0.0323. The van der Waals surface area contributed by atoms with Crippen LogP contribution in [0.2, 0.25) is 0 Å². The summed E-state index contributed by atoms with van der Waals surface area (Å²) in [5.74, 6) is 0.839. The van der Waals surface area contributed by atoms with Gasteiger partial charge < -0.3 is 4.74 Å². The van der Waals surface area contributed by atoms with Crippen LogP contribution in [0.1, 0.15) is 43.8 Å². The van der Waals surface area contributed by atoms with Gasteiger partial charge in [-0.15, -0.1) is 0 Å². The average molecular weight is 318 g/mol. The lowest BCUT2D eigenvalue weighted by atomic mass is 9.95. The second kappa shape index (κ2) is 3.97. The molecule has 2 rings (SSSR count). The van der Waals surface area contributed by atoms with Crippen LogP contribution in [0.4, 0.5) is 0 Å². The van der Waals surface area contributed by atoms with Crippen LogP contribution in [-0.2, 0) is 16.9 Å². The van der Waals surface area contributed by atoms with Gasteiger partial charge in [-0.05, 0) is 42.9 Å². The highest BCUT2D eigenvalue weighted by atomic mass is 127. The predicted molar refractivity (Wildman–Crippen MR) is 66.5 cm³/mol. The van der Waals surface area contributed by atoms with Gasteiger partial charge in [0.2, 0.25) is 0 Å². The SMILES string of the molecule is CCCC1(C)OCc2c(I)nc(C)nc21. The van der Waals surface area contributed by atoms with E-state index in [4.69, 9.17) is 4.74 Å². The Morgan fingerprint density at radius 3 is 2.87 bits per heavy atom. The zero-order valence-corrected chi connectivity index (χ0v) is 11.5. The van der Waals surface area contributed by atoms with Crippen molar-refractivity contribution < 1.29 is 4.74 Å². The van der Waals surface area contributed by atoms with Crippen LogP contribution >= 0.6 is 22.6 Å². The largest absolute Gasteiger partial charge is 0.364 e. The van der Waals surface area contributed by atoms with Gasteiger partial charge in [0, 0.05) is 5.56 Å². The van der Waals surface area contributed by atoms with E-state index in [1.54, 1.807) is 0 Å². The van der Waals surface area contributed by atoms with Gasteiger partial charge in [-0.1, -0.05) is 13.3 Å². The van der Waals surface area contributed by atoms with Gasteiger partial charge in [0.15, 0.2) is 0 Å². The molecule has 0 amide bonds. The molecule has 15 heavy (non-hydrogen) atoms. The number of aromatic nitrogens is 2. The van der Waals surface area contributed by atoms with Crippen LogP contribution in [0.3, 0.4) is 0 Å². The van der Waals surface area contributed by atoms with Crippen LogP contribution in [0.25, 0.3) is 0 Å². The number of halogens is 1. The number of nitrogens with zero attached hydrogens (tertiary/aromatic N) is 2. The van der Waals surface area contributed by atoms with E-state index in [9.17, 15) is 0 Å². The summed E-state index contributed by atoms with van der Waals surface area (Å²) in [7, 11) is 0. The van der Waals surface area contributed by atoms with Crippen LogP contribution in [0.15, 0.2) is 0 Å². The second-order valence-electron chi connectivity index (χ2n) is 4.16. The molecule has 1 atom stereocenters. The average Bonchev–Trinajstić information content (AvgIpc) is 2.45. The van der Waals surface area contributed by atoms with E-state index in [0.29, 0.717) is 6.61 Å². The summed E-state index contributed by atoms with van der Waals surface area (Å²) < 4.78 is 6.92. The quantitative estimate of drug-likeness (QED) is 0.621. The Balaban J connectivity index is 2.50. The molecule has 3 nitrogen and oxygen atoms in total. The Hall–Kier alpha value is -0.230. The third kappa shape index (κ3) is 1.89. The van der Waals surface area contributed by atoms with Gasteiger partial charge in [0.1, 0.15) is 15.1 Å². The fourth-order valence-electron chi connectivity index (χ4n) is 2.09. The monoisotopic (exact) mass is 318 g/mol. The topological polar surface area (TPSA) is 35.0 Å². The normalized spacial score (nSPS) is 24.3. The van der Waals surface area contributed by atoms with Crippen LogP contribution in [0, 0.1) is 10.6 Å². The summed E-state index contributed by atoms with van der Waals surface area (Å²) in [6.45, 7) is 6.90. The number of rotatable bonds is 2. The third-order valence-electron chi connectivity index (χ3n) is 2.83. The molecule has 1 aliphatic heterocycles. The van der Waals surface area contributed by atoms with Gasteiger partial charge in [0.25, 0.3) is 0 Å². The molecule has 0 saturated heterocycles. The zero-order chi connectivity index (χ0) is 11.1. The lowest BCUT2D eigenvalue weighted by Crippen LogP contribution is -2.22. The van der Waals surface area contributed by atoms with E-state index >= 15 is 0 Å². The fourth-order valence-corrected chi connectivity index (χ4v) is 2.85. The molecular weight excluding hydrogens is 303 g/mol. The van der Waals surface area contributed by atoms with Crippen LogP contribution in [-0.4, -0.2) is 9.97 Å². The molecule has 1 aliphatic rings. The van der Waals surface area contributed by atoms with Gasteiger partial charge in [-0.25, -0.2) is 9.97 Å². The summed E-state index contributed by atoms with van der Waals surface area (Å²) in [6, 6.07) is 0. The van der Waals surface area contributed by atoms with Gasteiger partial charge in [-0.3, -0.25) is 0 Å². The molecular formula is C11H15IN2O. The summed E-state index contributed by atoms with van der Waals surface area (Å²) in [6.07, 6.45) is 2.13. The van der Waals surface area contributed by atoms with Gasteiger partial charge in [0.05, 0.1) is 12.3 Å². The number of ether oxygens (including phenoxy) is 1. The Kier molecular flexibility index (Phi) is 2.98. The molecule has 0 aromatic carbocycles. The number of aryl methyl sites for hydroxylation is 1. The first-order valence-corrected chi connectivity index (χ1v) is 6.32. The molecule has 0 saturated carbocycles. The minimum Gasteiger partial charge on any atom is -0.364 e. The predicted octanol–water partition coefficient (Wildman–Crippen LogP) is 2.94. The Bertz CT molecular complexity index is 394. The summed E-state index contributed by atoms with van der Waals surface area (Å²) in [5, 5.41) is 0. The van der Waals surface area contributed by atoms with E-state index in [2.05, 4.69) is 46.4 Å². The highest BCUT2D eigenvalue weighted by molar-refractivity contribution is 14.1. The van der Waals surface area contributed by atoms with Crippen molar-refractivity contribution >= 4 is 22.6 Å². The van der Waals surface area contributed by atoms with Crippen molar-refractivity contribution in [1.82, 2.24) is 9.97 Å². The molecule has 0 aliphatic carbocycles. The molecule has 1 aromatic rings. The molecule has 0 spiro atoms. The van der Waals surface area contributed by atoms with Crippen molar-refractivity contribution in [2.45, 2.75) is 45.8 Å². The van der Waals surface area contributed by atoms with E-state index in [1.807, 2.05) is 6.92 Å². The first-order chi connectivity index (χ1) is 7.07. The third-order valence-corrected chi connectivity index (χ3v) is 3.72. The highest BCUT2D eigenvalue weighted by Crippen LogP contribution is 2.39. The number of fused-ring (bicyclic) bond motifs is 1. The molecule has 2 heterocycles. The smallest absolute Gasteiger partial charge is 0.126 e. The molecule has 4 heteroatoms. The van der Waals surface area contributed by atoms with Crippen molar-refractivity contribution in [3.8, 4) is 0 Å². The lowest BCUT2D eigenvalue weighted by Gasteiger charge is -2.22. The maximum absolute atomic E-state index is 5.88. The first kappa shape index (κ1) is 11.3. The van der Waals surface area contributed by atoms with E-state index in [0.717, 1.165) is 28.1 Å². The van der Waals surface area contributed by atoms with Gasteiger partial charge in [-0.2, -0.15) is 0 Å². The number of hydrogen-bond acceptors (Lipinski definition) is 3. The van der Waals surface area contributed by atoms with Crippen molar-refractivity contribution in [2.24, 2.45) is 0 Å². The molecule has 1 unspecified atom stereocenters. The highest BCUT2D eigenvalue weighted by Gasteiger charge is 2.38. The first-order valence-electron chi connectivity index (χ1n) is 5.24. The van der Waals surface area contributed by atoms with E-state index in [-0.39, 0.29) is 5.60 Å². The molecule has 82 valence electrons. The Labute approximate surface area is 104 Å².